The summed E-state index contributed by atoms with van der Waals surface area (Å²) in [5, 5.41) is -0.955. The topological polar surface area (TPSA) is 69.2 Å². The molecule has 0 aliphatic carbocycles. The van der Waals surface area contributed by atoms with Gasteiger partial charge in [0, 0.05) is 5.02 Å². The molecule has 0 unspecified atom stereocenters. The van der Waals surface area contributed by atoms with Crippen LogP contribution in [0.4, 0.5) is 0 Å². The van der Waals surface area contributed by atoms with Crippen LogP contribution in [0.1, 0.15) is 0 Å². The van der Waals surface area contributed by atoms with Crippen LogP contribution in [0, 0.1) is 0 Å². The molecule has 0 aromatic heterocycles. The number of hydrogen-bond acceptors (Lipinski definition) is 3. The molecule has 0 saturated heterocycles. The Hall–Kier alpha value is 3.67. The predicted octanol–water partition coefficient (Wildman–Crippen LogP) is -5.88. The molecule has 15 heavy (non-hydrogen) atoms. The van der Waals surface area contributed by atoms with Crippen LogP contribution >= 0.6 is 42.7 Å². The second kappa shape index (κ2) is 8.77. The number of hydrogen-bond donors (Lipinski definition) is 0. The van der Waals surface area contributed by atoms with E-state index in [1.807, 2.05) is 0 Å². The van der Waals surface area contributed by atoms with Gasteiger partial charge in [-0.1, -0.05) is 34.8 Å². The third-order valence-corrected chi connectivity index (χ3v) is 3.36. The summed E-state index contributed by atoms with van der Waals surface area (Å²) in [5.74, 6) is 0. The molecule has 0 saturated carbocycles. The average molecular weight is 338 g/mol. The van der Waals surface area contributed by atoms with Crippen molar-refractivity contribution in [2.45, 2.75) is 0 Å². The van der Waals surface area contributed by atoms with Crippen molar-refractivity contribution in [1.82, 2.24) is 0 Å². The summed E-state index contributed by atoms with van der Waals surface area (Å²) in [5.41, 5.74) is 0. The number of benzene rings is 1. The molecule has 0 bridgehead atoms. The first-order valence-electron chi connectivity index (χ1n) is 2.99. The van der Waals surface area contributed by atoms with Gasteiger partial charge in [-0.2, -0.15) is 0 Å². The molecule has 0 heterocycles. The molecule has 0 fully saturated rings. The van der Waals surface area contributed by atoms with E-state index < -0.39 is 13.2 Å². The van der Waals surface area contributed by atoms with Crippen molar-refractivity contribution in [3.8, 4) is 0 Å². The molecule has 0 amide bonds. The Morgan fingerprint density at radius 3 is 1.47 bits per heavy atom. The summed E-state index contributed by atoms with van der Waals surface area (Å²) in [7, 11) is -4.94. The van der Waals surface area contributed by atoms with Gasteiger partial charge < -0.3 is 14.7 Å². The summed E-state index contributed by atoms with van der Waals surface area (Å²) < 4.78 is 0. The van der Waals surface area contributed by atoms with Crippen LogP contribution < -0.4 is 123 Å². The first-order chi connectivity index (χ1) is 5.82. The van der Waals surface area contributed by atoms with Crippen molar-refractivity contribution in [1.29, 1.82) is 0 Å². The number of rotatable bonds is 1. The SMILES string of the molecule is [K+].[K+].[O-][P+]([O-])([O-])c1c(Cl)cc(Cl)cc1Cl. The Labute approximate surface area is 188 Å². The van der Waals surface area contributed by atoms with Crippen LogP contribution in [0.15, 0.2) is 12.1 Å². The molecule has 0 atom stereocenters. The second-order valence-corrected chi connectivity index (χ2v) is 4.91. The minimum Gasteiger partial charge on any atom is -0.683 e. The fraction of sp³-hybridized carbons (Fsp3) is 0. The third kappa shape index (κ3) is 6.59. The van der Waals surface area contributed by atoms with Gasteiger partial charge in [-0.15, -0.1) is 7.94 Å². The summed E-state index contributed by atoms with van der Waals surface area (Å²) in [6, 6.07) is 2.29. The van der Waals surface area contributed by atoms with Crippen molar-refractivity contribution in [3.63, 3.8) is 0 Å². The van der Waals surface area contributed by atoms with E-state index in [0.717, 1.165) is 12.1 Å². The van der Waals surface area contributed by atoms with E-state index in [0.29, 0.717) is 0 Å². The Kier molecular flexibility index (Phi) is 12.3. The van der Waals surface area contributed by atoms with Gasteiger partial charge in [0.1, 0.15) is 5.30 Å². The predicted molar refractivity (Wildman–Crippen MR) is 48.0 cm³/mol. The summed E-state index contributed by atoms with van der Waals surface area (Å²) in [6.45, 7) is 0. The minimum absolute atomic E-state index is 0. The Morgan fingerprint density at radius 1 is 0.867 bits per heavy atom. The molecule has 3 nitrogen and oxygen atoms in total. The van der Waals surface area contributed by atoms with E-state index >= 15 is 0 Å². The molecule has 1 aromatic carbocycles. The zero-order valence-corrected chi connectivity index (χ0v) is 17.4. The maximum atomic E-state index is 10.6. The van der Waals surface area contributed by atoms with Crippen molar-refractivity contribution in [3.05, 3.63) is 27.2 Å². The fourth-order valence-electron chi connectivity index (χ4n) is 0.796. The molecule has 0 radical (unpaired) electrons. The van der Waals surface area contributed by atoms with Crippen LogP contribution in [0.25, 0.3) is 0 Å². The van der Waals surface area contributed by atoms with E-state index in [9.17, 15) is 14.7 Å². The fourth-order valence-corrected chi connectivity index (χ4v) is 2.89. The van der Waals surface area contributed by atoms with Gasteiger partial charge >= 0.3 is 103 Å². The Bertz CT molecular complexity index is 322. The van der Waals surface area contributed by atoms with E-state index in [1.165, 1.54) is 0 Å². The maximum Gasteiger partial charge on any atom is 1.00 e. The zero-order chi connectivity index (χ0) is 10.2. The van der Waals surface area contributed by atoms with E-state index in [1.54, 1.807) is 0 Å². The smallest absolute Gasteiger partial charge is 0.683 e. The Balaban J connectivity index is 0. The van der Waals surface area contributed by atoms with Crippen molar-refractivity contribution in [2.24, 2.45) is 0 Å². The summed E-state index contributed by atoms with van der Waals surface area (Å²) in [6.07, 6.45) is 0. The van der Waals surface area contributed by atoms with Gasteiger partial charge in [0.25, 0.3) is 0 Å². The van der Waals surface area contributed by atoms with Crippen LogP contribution in [0.3, 0.4) is 0 Å². The summed E-state index contributed by atoms with van der Waals surface area (Å²) in [4.78, 5) is 31.9. The molecule has 9 heteroatoms. The monoisotopic (exact) mass is 336 g/mol. The van der Waals surface area contributed by atoms with Gasteiger partial charge in [0.05, 0.1) is 10.0 Å². The molecule has 0 aliphatic rings. The largest absolute Gasteiger partial charge is 1.00 e. The molecule has 1 aromatic rings. The average Bonchev–Trinajstić information content (AvgIpc) is 1.78. The standard InChI is InChI=1S/C6H4Cl3O3P.2K/c7-3-1-4(8)6(5(9)2-3)13(10,11)12;;/h1-2H,(H2,10,11,12);;/q;2*+1/p-2. The minimum atomic E-state index is -4.94. The van der Waals surface area contributed by atoms with Crippen molar-refractivity contribution >= 4 is 48.1 Å². The molecular weight excluding hydrogens is 336 g/mol. The van der Waals surface area contributed by atoms with Gasteiger partial charge in [0.15, 0.2) is 0 Å². The van der Waals surface area contributed by atoms with Gasteiger partial charge in [0.2, 0.25) is 0 Å². The van der Waals surface area contributed by atoms with Crippen molar-refractivity contribution < 1.29 is 117 Å². The van der Waals surface area contributed by atoms with Crippen LogP contribution in [-0.4, -0.2) is 0 Å². The van der Waals surface area contributed by atoms with Crippen molar-refractivity contribution in [2.75, 3.05) is 0 Å². The molecule has 0 aliphatic heterocycles. The first-order valence-corrected chi connectivity index (χ1v) is 5.67. The normalized spacial score (nSPS) is 10.3. The first kappa shape index (κ1) is 21.0. The van der Waals surface area contributed by atoms with Gasteiger partial charge in [-0.05, 0) is 12.1 Å². The second-order valence-electron chi connectivity index (χ2n) is 2.22. The van der Waals surface area contributed by atoms with E-state index in [-0.39, 0.29) is 118 Å². The van der Waals surface area contributed by atoms with Crippen LogP contribution in [0.5, 0.6) is 0 Å². The number of halogens is 3. The summed E-state index contributed by atoms with van der Waals surface area (Å²) >= 11 is 16.5. The molecule has 0 N–H and O–H groups in total. The Morgan fingerprint density at radius 2 is 1.20 bits per heavy atom. The molecule has 1 rings (SSSR count). The van der Waals surface area contributed by atoms with Crippen LogP contribution in [-0.2, 0) is 0 Å². The maximum absolute atomic E-state index is 10.6. The van der Waals surface area contributed by atoms with Gasteiger partial charge in [-0.25, -0.2) is 0 Å². The van der Waals surface area contributed by atoms with E-state index in [4.69, 9.17) is 34.8 Å². The van der Waals surface area contributed by atoms with Gasteiger partial charge in [-0.3, -0.25) is 0 Å². The third-order valence-electron chi connectivity index (χ3n) is 1.26. The zero-order valence-electron chi connectivity index (χ0n) is 7.96. The quantitative estimate of drug-likeness (QED) is 0.379. The molecule has 72 valence electrons. The van der Waals surface area contributed by atoms with Crippen LogP contribution in [0.2, 0.25) is 15.1 Å². The molecular formula is C6H2Cl3K2O3P. The molecule has 0 spiro atoms. The van der Waals surface area contributed by atoms with E-state index in [2.05, 4.69) is 0 Å².